The predicted molar refractivity (Wildman–Crippen MR) is 125 cm³/mol. The molecule has 1 N–H and O–H groups in total. The van der Waals surface area contributed by atoms with Crippen molar-refractivity contribution in [2.75, 3.05) is 39.9 Å². The van der Waals surface area contributed by atoms with Crippen LogP contribution in [0.5, 0.6) is 0 Å². The van der Waals surface area contributed by atoms with Crippen molar-refractivity contribution >= 4 is 41.5 Å². The summed E-state index contributed by atoms with van der Waals surface area (Å²) >= 11 is 6.06. The summed E-state index contributed by atoms with van der Waals surface area (Å²) in [7, 11) is 2.09. The van der Waals surface area contributed by atoms with Crippen molar-refractivity contribution < 1.29 is 4.74 Å². The third kappa shape index (κ3) is 6.35. The SMILES string of the molecule is CCNC(=NCC(c1ccc(Cl)cc1)n1cccn1)N(C)CC1CCOC1.I. The lowest BCUT2D eigenvalue weighted by Gasteiger charge is -2.25. The van der Waals surface area contributed by atoms with Crippen molar-refractivity contribution in [3.8, 4) is 0 Å². The molecule has 1 aliphatic heterocycles. The average Bonchev–Trinajstić information content (AvgIpc) is 3.36. The van der Waals surface area contributed by atoms with Gasteiger partial charge in [0.15, 0.2) is 5.96 Å². The fourth-order valence-electron chi connectivity index (χ4n) is 3.34. The van der Waals surface area contributed by atoms with Gasteiger partial charge in [-0.2, -0.15) is 5.10 Å². The molecule has 2 atom stereocenters. The second-order valence-corrected chi connectivity index (χ2v) is 7.29. The van der Waals surface area contributed by atoms with E-state index < -0.39 is 0 Å². The van der Waals surface area contributed by atoms with Gasteiger partial charge in [-0.1, -0.05) is 23.7 Å². The maximum absolute atomic E-state index is 6.06. The topological polar surface area (TPSA) is 54.7 Å². The lowest BCUT2D eigenvalue weighted by Crippen LogP contribution is -2.41. The van der Waals surface area contributed by atoms with Gasteiger partial charge in [0.25, 0.3) is 0 Å². The number of hydrogen-bond acceptors (Lipinski definition) is 3. The Labute approximate surface area is 189 Å². The average molecular weight is 518 g/mol. The number of benzene rings is 1. The van der Waals surface area contributed by atoms with Gasteiger partial charge >= 0.3 is 0 Å². The molecule has 1 aliphatic rings. The molecule has 154 valence electrons. The number of halogens is 2. The first-order valence-corrected chi connectivity index (χ1v) is 9.87. The van der Waals surface area contributed by atoms with Crippen LogP contribution in [0.15, 0.2) is 47.7 Å². The minimum absolute atomic E-state index is 0. The van der Waals surface area contributed by atoms with Crippen LogP contribution in [0.2, 0.25) is 5.02 Å². The number of rotatable bonds is 7. The normalized spacial score (nSPS) is 17.8. The Bertz CT molecular complexity index is 717. The van der Waals surface area contributed by atoms with E-state index in [0.717, 1.165) is 49.3 Å². The highest BCUT2D eigenvalue weighted by Crippen LogP contribution is 2.21. The fraction of sp³-hybridized carbons (Fsp3) is 0.500. The Balaban J connectivity index is 0.00000280. The minimum Gasteiger partial charge on any atom is -0.381 e. The molecule has 2 heterocycles. The van der Waals surface area contributed by atoms with Crippen LogP contribution in [-0.4, -0.2) is 60.5 Å². The molecule has 0 aliphatic carbocycles. The van der Waals surface area contributed by atoms with E-state index in [1.807, 2.05) is 41.2 Å². The molecule has 0 radical (unpaired) electrons. The number of guanidine groups is 1. The Morgan fingerprint density at radius 2 is 2.21 bits per heavy atom. The summed E-state index contributed by atoms with van der Waals surface area (Å²) in [5.74, 6) is 1.48. The molecule has 8 heteroatoms. The lowest BCUT2D eigenvalue weighted by atomic mass is 10.1. The third-order valence-corrected chi connectivity index (χ3v) is 5.02. The van der Waals surface area contributed by atoms with Gasteiger partial charge in [-0.25, -0.2) is 0 Å². The second kappa shape index (κ2) is 11.6. The lowest BCUT2D eigenvalue weighted by molar-refractivity contribution is 0.181. The van der Waals surface area contributed by atoms with Crippen molar-refractivity contribution in [3.05, 3.63) is 53.3 Å². The summed E-state index contributed by atoms with van der Waals surface area (Å²) in [6.45, 7) is 6.16. The van der Waals surface area contributed by atoms with E-state index >= 15 is 0 Å². The van der Waals surface area contributed by atoms with E-state index in [4.69, 9.17) is 21.3 Å². The predicted octanol–water partition coefficient (Wildman–Crippen LogP) is 3.68. The Kier molecular flexibility index (Phi) is 9.53. The van der Waals surface area contributed by atoms with Crippen LogP contribution in [-0.2, 0) is 4.74 Å². The third-order valence-electron chi connectivity index (χ3n) is 4.77. The summed E-state index contributed by atoms with van der Waals surface area (Å²) in [4.78, 5) is 7.11. The molecule has 0 saturated carbocycles. The molecular formula is C20H29ClIN5O. The van der Waals surface area contributed by atoms with E-state index in [1.54, 1.807) is 6.20 Å². The molecule has 2 aromatic rings. The van der Waals surface area contributed by atoms with Gasteiger partial charge in [0.1, 0.15) is 0 Å². The summed E-state index contributed by atoms with van der Waals surface area (Å²) in [5, 5.41) is 8.56. The van der Waals surface area contributed by atoms with Gasteiger partial charge in [0, 0.05) is 50.1 Å². The van der Waals surface area contributed by atoms with Gasteiger partial charge < -0.3 is 15.0 Å². The number of hydrogen-bond donors (Lipinski definition) is 1. The van der Waals surface area contributed by atoms with Crippen molar-refractivity contribution in [1.82, 2.24) is 20.0 Å². The van der Waals surface area contributed by atoms with Crippen molar-refractivity contribution in [2.24, 2.45) is 10.9 Å². The van der Waals surface area contributed by atoms with Crippen LogP contribution in [0.1, 0.15) is 24.9 Å². The van der Waals surface area contributed by atoms with Gasteiger partial charge in [-0.3, -0.25) is 9.67 Å². The number of aliphatic imine (C=N–C) groups is 1. The van der Waals surface area contributed by atoms with E-state index in [9.17, 15) is 0 Å². The highest BCUT2D eigenvalue weighted by atomic mass is 127. The number of aromatic nitrogens is 2. The summed E-state index contributed by atoms with van der Waals surface area (Å²) in [6, 6.07) is 9.86. The molecule has 0 amide bonds. The Hall–Kier alpha value is -1.32. The molecule has 0 spiro atoms. The minimum atomic E-state index is 0. The number of nitrogens with one attached hydrogen (secondary N) is 1. The highest BCUT2D eigenvalue weighted by molar-refractivity contribution is 14.0. The fourth-order valence-corrected chi connectivity index (χ4v) is 3.46. The zero-order valence-corrected chi connectivity index (χ0v) is 19.5. The molecule has 1 fully saturated rings. The van der Waals surface area contributed by atoms with Crippen LogP contribution in [0.25, 0.3) is 0 Å². The van der Waals surface area contributed by atoms with Crippen molar-refractivity contribution in [3.63, 3.8) is 0 Å². The van der Waals surface area contributed by atoms with Crippen LogP contribution in [0.3, 0.4) is 0 Å². The monoisotopic (exact) mass is 517 g/mol. The summed E-state index contributed by atoms with van der Waals surface area (Å²) in [5.41, 5.74) is 1.13. The number of ether oxygens (including phenoxy) is 1. The highest BCUT2D eigenvalue weighted by Gasteiger charge is 2.20. The van der Waals surface area contributed by atoms with E-state index in [0.29, 0.717) is 12.5 Å². The molecular weight excluding hydrogens is 489 g/mol. The van der Waals surface area contributed by atoms with E-state index in [-0.39, 0.29) is 30.0 Å². The van der Waals surface area contributed by atoms with Crippen molar-refractivity contribution in [2.45, 2.75) is 19.4 Å². The van der Waals surface area contributed by atoms with E-state index in [2.05, 4.69) is 29.3 Å². The summed E-state index contributed by atoms with van der Waals surface area (Å²) < 4.78 is 7.45. The smallest absolute Gasteiger partial charge is 0.193 e. The van der Waals surface area contributed by atoms with Gasteiger partial charge in [-0.05, 0) is 37.1 Å². The van der Waals surface area contributed by atoms with Crippen LogP contribution >= 0.6 is 35.6 Å². The number of nitrogens with zero attached hydrogens (tertiary/aromatic N) is 4. The zero-order valence-electron chi connectivity index (χ0n) is 16.4. The van der Waals surface area contributed by atoms with Gasteiger partial charge in [0.05, 0.1) is 19.2 Å². The van der Waals surface area contributed by atoms with Gasteiger partial charge in [-0.15, -0.1) is 24.0 Å². The molecule has 0 bridgehead atoms. The molecule has 1 aromatic carbocycles. The molecule has 28 heavy (non-hydrogen) atoms. The molecule has 1 saturated heterocycles. The standard InChI is InChI=1S/C20H28ClN5O.HI/c1-3-22-20(25(2)14-16-9-12-27-15-16)23-13-19(26-11-4-10-24-26)17-5-7-18(21)8-6-17;/h4-8,10-11,16,19H,3,9,12-15H2,1-2H3,(H,22,23);1H. The first-order chi connectivity index (χ1) is 13.2. The first-order valence-electron chi connectivity index (χ1n) is 9.49. The Morgan fingerprint density at radius 1 is 1.43 bits per heavy atom. The van der Waals surface area contributed by atoms with Gasteiger partial charge in [0.2, 0.25) is 0 Å². The maximum Gasteiger partial charge on any atom is 0.193 e. The second-order valence-electron chi connectivity index (χ2n) is 6.86. The van der Waals surface area contributed by atoms with Crippen LogP contribution < -0.4 is 5.32 Å². The quantitative estimate of drug-likeness (QED) is 0.346. The van der Waals surface area contributed by atoms with Crippen LogP contribution in [0, 0.1) is 5.92 Å². The van der Waals surface area contributed by atoms with Crippen molar-refractivity contribution in [1.29, 1.82) is 0 Å². The molecule has 1 aromatic heterocycles. The zero-order chi connectivity index (χ0) is 19.1. The molecule has 3 rings (SSSR count). The maximum atomic E-state index is 6.06. The van der Waals surface area contributed by atoms with Crippen LogP contribution in [0.4, 0.5) is 0 Å². The largest absolute Gasteiger partial charge is 0.381 e. The first kappa shape index (κ1) is 23.0. The Morgan fingerprint density at radius 3 is 2.82 bits per heavy atom. The molecule has 6 nitrogen and oxygen atoms in total. The summed E-state index contributed by atoms with van der Waals surface area (Å²) in [6.07, 6.45) is 4.88. The molecule has 2 unspecified atom stereocenters. The van der Waals surface area contributed by atoms with E-state index in [1.165, 1.54) is 0 Å².